The molecule has 2 aromatic carbocycles. The Morgan fingerprint density at radius 2 is 1.88 bits per heavy atom. The van der Waals surface area contributed by atoms with Crippen molar-refractivity contribution < 1.29 is 24.1 Å². The minimum atomic E-state index is -1.44. The minimum Gasteiger partial charge on any atom is -0.439 e. The number of nitrogens with zero attached hydrogens (tertiary/aromatic N) is 5. The van der Waals surface area contributed by atoms with Crippen molar-refractivity contribution in [2.75, 3.05) is 13.1 Å². The van der Waals surface area contributed by atoms with Crippen molar-refractivity contribution >= 4 is 16.9 Å². The van der Waals surface area contributed by atoms with E-state index in [-0.39, 0.29) is 54.0 Å². The molecule has 6 rings (SSSR count). The molecule has 0 aliphatic carbocycles. The summed E-state index contributed by atoms with van der Waals surface area (Å²) in [6.07, 6.45) is 4.58. The van der Waals surface area contributed by atoms with Crippen LogP contribution in [0.3, 0.4) is 0 Å². The SMILES string of the molecule is O=C(c1ccc(Oc2ccccn2)cc1)N1CCC(O)(C(c2ccc(F)c(CO)c2)n2ncc3c(=O)[nH]cnc32)CC1. The van der Waals surface area contributed by atoms with Crippen molar-refractivity contribution in [2.24, 2.45) is 0 Å². The van der Waals surface area contributed by atoms with E-state index in [1.807, 2.05) is 6.07 Å². The van der Waals surface area contributed by atoms with Crippen LogP contribution < -0.4 is 10.3 Å². The third-order valence-electron chi connectivity index (χ3n) is 7.58. The summed E-state index contributed by atoms with van der Waals surface area (Å²) in [7, 11) is 0. The maximum absolute atomic E-state index is 14.3. The Morgan fingerprint density at radius 1 is 1.10 bits per heavy atom. The van der Waals surface area contributed by atoms with Crippen molar-refractivity contribution in [1.29, 1.82) is 0 Å². The summed E-state index contributed by atoms with van der Waals surface area (Å²) in [5, 5.41) is 26.4. The number of aliphatic hydroxyl groups excluding tert-OH is 1. The van der Waals surface area contributed by atoms with Crippen molar-refractivity contribution in [3.63, 3.8) is 0 Å². The van der Waals surface area contributed by atoms with Gasteiger partial charge in [0.2, 0.25) is 5.88 Å². The number of benzene rings is 2. The second-order valence-electron chi connectivity index (χ2n) is 10.2. The number of hydrogen-bond acceptors (Lipinski definition) is 8. The van der Waals surface area contributed by atoms with Crippen LogP contribution in [0.2, 0.25) is 0 Å². The molecule has 1 atom stereocenters. The number of aromatic nitrogens is 5. The molecule has 3 aromatic heterocycles. The highest BCUT2D eigenvalue weighted by Crippen LogP contribution is 2.39. The Hall–Kier alpha value is -4.94. The van der Waals surface area contributed by atoms with Crippen molar-refractivity contribution in [1.82, 2.24) is 29.6 Å². The number of carbonyl (C=O) groups is 1. The molecule has 1 fully saturated rings. The fourth-order valence-corrected chi connectivity index (χ4v) is 5.38. The van der Waals surface area contributed by atoms with Gasteiger partial charge in [-0.25, -0.2) is 19.0 Å². The van der Waals surface area contributed by atoms with Gasteiger partial charge in [0.25, 0.3) is 11.5 Å². The summed E-state index contributed by atoms with van der Waals surface area (Å²) < 4.78 is 21.5. The van der Waals surface area contributed by atoms with E-state index in [1.165, 1.54) is 35.4 Å². The summed E-state index contributed by atoms with van der Waals surface area (Å²) in [6.45, 7) is -0.0604. The average Bonchev–Trinajstić information content (AvgIpc) is 3.44. The zero-order valence-electron chi connectivity index (χ0n) is 22.4. The van der Waals surface area contributed by atoms with Gasteiger partial charge in [-0.1, -0.05) is 12.1 Å². The summed E-state index contributed by atoms with van der Waals surface area (Å²) in [5.74, 6) is 0.212. The number of pyridine rings is 1. The topological polar surface area (TPSA) is 146 Å². The van der Waals surface area contributed by atoms with Gasteiger partial charge in [0.1, 0.15) is 23.0 Å². The van der Waals surface area contributed by atoms with Crippen LogP contribution in [-0.2, 0) is 6.61 Å². The summed E-state index contributed by atoms with van der Waals surface area (Å²) in [5.41, 5.74) is -0.560. The normalized spacial score (nSPS) is 15.5. The lowest BCUT2D eigenvalue weighted by molar-refractivity contribution is -0.0472. The van der Waals surface area contributed by atoms with Gasteiger partial charge in [0.15, 0.2) is 5.65 Å². The number of nitrogens with one attached hydrogen (secondary N) is 1. The fourth-order valence-electron chi connectivity index (χ4n) is 5.38. The quantitative estimate of drug-likeness (QED) is 0.270. The van der Waals surface area contributed by atoms with Crippen LogP contribution in [0.25, 0.3) is 11.0 Å². The first-order valence-corrected chi connectivity index (χ1v) is 13.4. The molecular formula is C30H27FN6O5. The Morgan fingerprint density at radius 3 is 2.60 bits per heavy atom. The molecule has 0 bridgehead atoms. The van der Waals surface area contributed by atoms with Crippen LogP contribution >= 0.6 is 0 Å². The van der Waals surface area contributed by atoms with E-state index < -0.39 is 24.1 Å². The fraction of sp³-hybridized carbons (Fsp3) is 0.233. The molecule has 0 spiro atoms. The Kier molecular flexibility index (Phi) is 7.23. The first-order chi connectivity index (χ1) is 20.4. The molecule has 11 nitrogen and oxygen atoms in total. The predicted octanol–water partition coefficient (Wildman–Crippen LogP) is 3.20. The molecule has 214 valence electrons. The molecule has 5 aromatic rings. The molecule has 1 amide bonds. The van der Waals surface area contributed by atoms with Gasteiger partial charge in [-0.15, -0.1) is 0 Å². The zero-order chi connectivity index (χ0) is 29.3. The van der Waals surface area contributed by atoms with E-state index in [4.69, 9.17) is 4.74 Å². The highest BCUT2D eigenvalue weighted by atomic mass is 19.1. The lowest BCUT2D eigenvalue weighted by Crippen LogP contribution is -2.51. The van der Waals surface area contributed by atoms with Gasteiger partial charge in [-0.2, -0.15) is 5.10 Å². The van der Waals surface area contributed by atoms with Crippen LogP contribution in [-0.4, -0.2) is 64.4 Å². The minimum absolute atomic E-state index is 0.0615. The van der Waals surface area contributed by atoms with Crippen LogP contribution in [0.1, 0.15) is 40.4 Å². The number of piperidine rings is 1. The lowest BCUT2D eigenvalue weighted by atomic mass is 9.80. The number of carbonyl (C=O) groups excluding carboxylic acids is 1. The van der Waals surface area contributed by atoms with Gasteiger partial charge in [-0.3, -0.25) is 9.59 Å². The van der Waals surface area contributed by atoms with Crippen molar-refractivity contribution in [3.8, 4) is 11.6 Å². The number of aliphatic hydroxyl groups is 2. The third-order valence-corrected chi connectivity index (χ3v) is 7.58. The van der Waals surface area contributed by atoms with Crippen LogP contribution in [0.4, 0.5) is 4.39 Å². The van der Waals surface area contributed by atoms with Gasteiger partial charge in [0, 0.05) is 36.5 Å². The molecule has 12 heteroatoms. The molecule has 3 N–H and O–H groups in total. The summed E-state index contributed by atoms with van der Waals surface area (Å²) in [4.78, 5) is 38.3. The van der Waals surface area contributed by atoms with Gasteiger partial charge < -0.3 is 24.8 Å². The van der Waals surface area contributed by atoms with Crippen LogP contribution in [0.15, 0.2) is 84.2 Å². The molecule has 0 saturated carbocycles. The first-order valence-electron chi connectivity index (χ1n) is 13.4. The van der Waals surface area contributed by atoms with E-state index in [2.05, 4.69) is 20.1 Å². The number of amides is 1. The number of halogens is 1. The standard InChI is InChI=1S/C30H27FN6O5/c31-24-9-6-20(15-21(24)17-38)26(37-27-23(16-35-37)28(39)34-18-33-27)30(41)10-13-36(14-11-30)29(40)19-4-7-22(8-5-19)42-25-3-1-2-12-32-25/h1-9,12,15-16,18,26,38,41H,10-11,13-14,17H2,(H,33,34,39). The Bertz CT molecular complexity index is 1780. The second kappa shape index (κ2) is 11.1. The Labute approximate surface area is 238 Å². The smallest absolute Gasteiger partial charge is 0.261 e. The zero-order valence-corrected chi connectivity index (χ0v) is 22.4. The molecular weight excluding hydrogens is 543 g/mol. The van der Waals surface area contributed by atoms with E-state index >= 15 is 0 Å². The molecule has 1 aliphatic rings. The molecule has 0 radical (unpaired) electrons. The van der Waals surface area contributed by atoms with Gasteiger partial charge in [0.05, 0.1) is 24.7 Å². The third kappa shape index (κ3) is 5.13. The largest absolute Gasteiger partial charge is 0.439 e. The number of aromatic amines is 1. The molecule has 1 saturated heterocycles. The highest BCUT2D eigenvalue weighted by molar-refractivity contribution is 5.94. The molecule has 4 heterocycles. The number of ether oxygens (including phenoxy) is 1. The van der Waals surface area contributed by atoms with E-state index in [0.717, 1.165) is 0 Å². The molecule has 42 heavy (non-hydrogen) atoms. The average molecular weight is 571 g/mol. The molecule has 1 unspecified atom stereocenters. The van der Waals surface area contributed by atoms with Crippen molar-refractivity contribution in [3.05, 3.63) is 112 Å². The van der Waals surface area contributed by atoms with Crippen LogP contribution in [0, 0.1) is 5.82 Å². The maximum Gasteiger partial charge on any atom is 0.261 e. The monoisotopic (exact) mass is 570 g/mol. The number of hydrogen-bond donors (Lipinski definition) is 3. The Balaban J connectivity index is 1.25. The van der Waals surface area contributed by atoms with E-state index in [9.17, 15) is 24.2 Å². The van der Waals surface area contributed by atoms with Crippen LogP contribution in [0.5, 0.6) is 11.6 Å². The second-order valence-corrected chi connectivity index (χ2v) is 10.2. The maximum atomic E-state index is 14.3. The van der Waals surface area contributed by atoms with E-state index in [0.29, 0.717) is 22.8 Å². The number of likely N-dealkylation sites (tertiary alicyclic amines) is 1. The highest BCUT2D eigenvalue weighted by Gasteiger charge is 2.44. The molecule has 1 aliphatic heterocycles. The lowest BCUT2D eigenvalue weighted by Gasteiger charge is -2.43. The predicted molar refractivity (Wildman–Crippen MR) is 149 cm³/mol. The number of rotatable bonds is 7. The number of H-pyrrole nitrogens is 1. The van der Waals surface area contributed by atoms with Crippen molar-refractivity contribution in [2.45, 2.75) is 31.1 Å². The van der Waals surface area contributed by atoms with E-state index in [1.54, 1.807) is 47.5 Å². The summed E-state index contributed by atoms with van der Waals surface area (Å²) >= 11 is 0. The number of fused-ring (bicyclic) bond motifs is 1. The summed E-state index contributed by atoms with van der Waals surface area (Å²) in [6, 6.07) is 15.4. The first kappa shape index (κ1) is 27.2. The van der Waals surface area contributed by atoms with Gasteiger partial charge >= 0.3 is 0 Å². The van der Waals surface area contributed by atoms with Gasteiger partial charge in [-0.05, 0) is 60.9 Å².